The second kappa shape index (κ2) is 10.1. The molecule has 0 saturated carbocycles. The van der Waals surface area contributed by atoms with Crippen molar-refractivity contribution in [1.82, 2.24) is 4.31 Å². The zero-order chi connectivity index (χ0) is 22.4. The minimum Gasteiger partial charge on any atom is -0.326 e. The van der Waals surface area contributed by atoms with Crippen LogP contribution in [0.5, 0.6) is 0 Å². The van der Waals surface area contributed by atoms with Crippen molar-refractivity contribution in [3.05, 3.63) is 54.6 Å². The summed E-state index contributed by atoms with van der Waals surface area (Å²) in [5.41, 5.74) is 1.27. The topological polar surface area (TPSA) is 95.6 Å². The van der Waals surface area contributed by atoms with Gasteiger partial charge in [0.2, 0.25) is 21.8 Å². The highest BCUT2D eigenvalue weighted by Gasteiger charge is 2.33. The summed E-state index contributed by atoms with van der Waals surface area (Å²) in [5, 5.41) is 5.69. The number of carbonyl (C=O) groups excluding carboxylic acids is 2. The van der Waals surface area contributed by atoms with Crippen molar-refractivity contribution in [3.8, 4) is 0 Å². The van der Waals surface area contributed by atoms with E-state index in [1.807, 2.05) is 13.8 Å². The van der Waals surface area contributed by atoms with Crippen LogP contribution in [0.4, 0.5) is 11.4 Å². The van der Waals surface area contributed by atoms with Crippen molar-refractivity contribution in [1.29, 1.82) is 0 Å². The fourth-order valence-electron chi connectivity index (χ4n) is 3.58. The molecule has 3 rings (SSSR count). The molecule has 8 heteroatoms. The molecule has 31 heavy (non-hydrogen) atoms. The van der Waals surface area contributed by atoms with Crippen molar-refractivity contribution in [2.24, 2.45) is 11.8 Å². The largest absolute Gasteiger partial charge is 0.326 e. The molecule has 1 unspecified atom stereocenters. The van der Waals surface area contributed by atoms with Crippen molar-refractivity contribution in [3.63, 3.8) is 0 Å². The third-order valence-corrected chi connectivity index (χ3v) is 7.05. The van der Waals surface area contributed by atoms with Gasteiger partial charge in [-0.05, 0) is 55.2 Å². The summed E-state index contributed by atoms with van der Waals surface area (Å²) >= 11 is 0. The zero-order valence-corrected chi connectivity index (χ0v) is 18.7. The number of anilines is 2. The molecule has 1 heterocycles. The summed E-state index contributed by atoms with van der Waals surface area (Å²) in [4.78, 5) is 24.9. The Bertz CT molecular complexity index is 1000. The van der Waals surface area contributed by atoms with Crippen molar-refractivity contribution in [2.45, 2.75) is 38.0 Å². The van der Waals surface area contributed by atoms with Crippen molar-refractivity contribution in [2.75, 3.05) is 23.7 Å². The van der Waals surface area contributed by atoms with E-state index in [-0.39, 0.29) is 29.2 Å². The number of nitrogens with zero attached hydrogens (tertiary/aromatic N) is 1. The van der Waals surface area contributed by atoms with Gasteiger partial charge >= 0.3 is 0 Å². The molecule has 0 aliphatic carbocycles. The molecular weight excluding hydrogens is 414 g/mol. The molecule has 1 aliphatic heterocycles. The van der Waals surface area contributed by atoms with Crippen LogP contribution in [-0.4, -0.2) is 37.6 Å². The third-order valence-electron chi connectivity index (χ3n) is 5.17. The van der Waals surface area contributed by atoms with Gasteiger partial charge in [0, 0.05) is 30.9 Å². The maximum Gasteiger partial charge on any atom is 0.243 e. The SMILES string of the molecule is CC(C)CC(=O)Nc1ccc(NC(=O)C2CCCN(S(=O)(=O)c3ccccc3)C2)cc1. The Balaban J connectivity index is 1.60. The Morgan fingerprint density at radius 2 is 1.61 bits per heavy atom. The number of hydrogen-bond acceptors (Lipinski definition) is 4. The highest BCUT2D eigenvalue weighted by molar-refractivity contribution is 7.89. The molecule has 0 bridgehead atoms. The first-order valence-electron chi connectivity index (χ1n) is 10.5. The Morgan fingerprint density at radius 1 is 1.00 bits per heavy atom. The number of amides is 2. The van der Waals surface area contributed by atoms with Gasteiger partial charge in [0.25, 0.3) is 0 Å². The highest BCUT2D eigenvalue weighted by Crippen LogP contribution is 2.25. The van der Waals surface area contributed by atoms with E-state index in [0.717, 1.165) is 0 Å². The fraction of sp³-hybridized carbons (Fsp3) is 0.391. The summed E-state index contributed by atoms with van der Waals surface area (Å²) < 4.78 is 27.1. The first-order valence-corrected chi connectivity index (χ1v) is 12.0. The highest BCUT2D eigenvalue weighted by atomic mass is 32.2. The van der Waals surface area contributed by atoms with Gasteiger partial charge in [-0.25, -0.2) is 8.42 Å². The van der Waals surface area contributed by atoms with E-state index >= 15 is 0 Å². The Morgan fingerprint density at radius 3 is 2.23 bits per heavy atom. The van der Waals surface area contributed by atoms with Gasteiger partial charge in [-0.1, -0.05) is 32.0 Å². The number of hydrogen-bond donors (Lipinski definition) is 2. The van der Waals surface area contributed by atoms with Crippen LogP contribution in [0.1, 0.15) is 33.1 Å². The van der Waals surface area contributed by atoms with Crippen LogP contribution in [0.2, 0.25) is 0 Å². The lowest BCUT2D eigenvalue weighted by atomic mass is 9.98. The molecule has 2 N–H and O–H groups in total. The summed E-state index contributed by atoms with van der Waals surface area (Å²) in [6.07, 6.45) is 1.71. The molecule has 0 spiro atoms. The first kappa shape index (κ1) is 23.0. The number of carbonyl (C=O) groups is 2. The summed E-state index contributed by atoms with van der Waals surface area (Å²) in [6.45, 7) is 4.53. The minimum atomic E-state index is -3.61. The van der Waals surface area contributed by atoms with Crippen LogP contribution in [0.25, 0.3) is 0 Å². The maximum absolute atomic E-state index is 12.9. The second-order valence-electron chi connectivity index (χ2n) is 8.23. The van der Waals surface area contributed by atoms with Crippen LogP contribution >= 0.6 is 0 Å². The van der Waals surface area contributed by atoms with Gasteiger partial charge in [0.05, 0.1) is 10.8 Å². The van der Waals surface area contributed by atoms with Gasteiger partial charge < -0.3 is 10.6 Å². The van der Waals surface area contributed by atoms with E-state index in [2.05, 4.69) is 10.6 Å². The molecule has 1 atom stereocenters. The van der Waals surface area contributed by atoms with Crippen molar-refractivity contribution >= 4 is 33.2 Å². The molecule has 1 fully saturated rings. The van der Waals surface area contributed by atoms with Crippen LogP contribution in [-0.2, 0) is 19.6 Å². The van der Waals surface area contributed by atoms with Crippen LogP contribution in [0.3, 0.4) is 0 Å². The molecule has 2 aromatic rings. The normalized spacial score (nSPS) is 17.3. The standard InChI is InChI=1S/C23H29N3O4S/c1-17(2)15-22(27)24-19-10-12-20(13-11-19)25-23(28)18-7-6-14-26(16-18)31(29,30)21-8-4-3-5-9-21/h3-5,8-13,17-18H,6-7,14-16H2,1-2H3,(H,24,27)(H,25,28). The number of sulfonamides is 1. The minimum absolute atomic E-state index is 0.0475. The van der Waals surface area contributed by atoms with Gasteiger partial charge in [-0.2, -0.15) is 4.31 Å². The summed E-state index contributed by atoms with van der Waals surface area (Å²) in [5.74, 6) is -0.393. The van der Waals surface area contributed by atoms with Crippen LogP contribution in [0.15, 0.2) is 59.5 Å². The maximum atomic E-state index is 12.9. The van der Waals surface area contributed by atoms with E-state index in [4.69, 9.17) is 0 Å². The predicted molar refractivity (Wildman–Crippen MR) is 121 cm³/mol. The van der Waals surface area contributed by atoms with Gasteiger partial charge in [0.15, 0.2) is 0 Å². The van der Waals surface area contributed by atoms with Gasteiger partial charge in [-0.15, -0.1) is 0 Å². The number of rotatable bonds is 7. The van der Waals surface area contributed by atoms with Crippen molar-refractivity contribution < 1.29 is 18.0 Å². The lowest BCUT2D eigenvalue weighted by Crippen LogP contribution is -2.43. The number of nitrogens with one attached hydrogen (secondary N) is 2. The predicted octanol–water partition coefficient (Wildman–Crippen LogP) is 3.71. The smallest absolute Gasteiger partial charge is 0.243 e. The van der Waals surface area contributed by atoms with Crippen LogP contribution in [0, 0.1) is 11.8 Å². The molecule has 0 radical (unpaired) electrons. The molecule has 1 saturated heterocycles. The molecule has 2 amide bonds. The molecule has 166 valence electrons. The molecule has 2 aromatic carbocycles. The zero-order valence-electron chi connectivity index (χ0n) is 17.9. The van der Waals surface area contributed by atoms with Crippen LogP contribution < -0.4 is 10.6 Å². The number of piperidine rings is 1. The Kier molecular flexibility index (Phi) is 7.46. The second-order valence-corrected chi connectivity index (χ2v) is 10.2. The average molecular weight is 444 g/mol. The summed E-state index contributed by atoms with van der Waals surface area (Å²) in [6, 6.07) is 15.2. The Labute approximate surface area is 183 Å². The Hall–Kier alpha value is -2.71. The molecule has 7 nitrogen and oxygen atoms in total. The first-order chi connectivity index (χ1) is 14.8. The quantitative estimate of drug-likeness (QED) is 0.682. The molecule has 0 aromatic heterocycles. The van der Waals surface area contributed by atoms with E-state index in [0.29, 0.717) is 37.2 Å². The molecule has 1 aliphatic rings. The van der Waals surface area contributed by atoms with Gasteiger partial charge in [-0.3, -0.25) is 9.59 Å². The monoisotopic (exact) mass is 443 g/mol. The lowest BCUT2D eigenvalue weighted by Gasteiger charge is -2.31. The third kappa shape index (κ3) is 6.15. The van der Waals surface area contributed by atoms with E-state index in [1.165, 1.54) is 4.31 Å². The molecular formula is C23H29N3O4S. The average Bonchev–Trinajstić information content (AvgIpc) is 2.75. The van der Waals surface area contributed by atoms with E-state index in [9.17, 15) is 18.0 Å². The van der Waals surface area contributed by atoms with Gasteiger partial charge in [0.1, 0.15) is 0 Å². The lowest BCUT2D eigenvalue weighted by molar-refractivity contribution is -0.121. The summed E-state index contributed by atoms with van der Waals surface area (Å²) in [7, 11) is -3.61. The fourth-order valence-corrected chi connectivity index (χ4v) is 5.13. The van der Waals surface area contributed by atoms with E-state index in [1.54, 1.807) is 54.6 Å². The van der Waals surface area contributed by atoms with E-state index < -0.39 is 15.9 Å². The number of benzene rings is 2.